The fraction of sp³-hybridized carbons (Fsp3) is 0.364. The summed E-state index contributed by atoms with van der Waals surface area (Å²) in [5.74, 6) is -0.701. The highest BCUT2D eigenvalue weighted by atomic mass is 35.6. The molecule has 1 amide bonds. The Kier molecular flexibility index (Phi) is 6.53. The van der Waals surface area contributed by atoms with Gasteiger partial charge in [0.05, 0.1) is 6.61 Å². The minimum absolute atomic E-state index is 0.210. The number of halogens is 4. The second-order valence-electron chi connectivity index (χ2n) is 3.42. The van der Waals surface area contributed by atoms with Crippen molar-refractivity contribution in [1.82, 2.24) is 5.32 Å². The van der Waals surface area contributed by atoms with Gasteiger partial charge >= 0.3 is 0 Å². The van der Waals surface area contributed by atoms with Crippen LogP contribution in [0.25, 0.3) is 0 Å². The molecule has 18 heavy (non-hydrogen) atoms. The summed E-state index contributed by atoms with van der Waals surface area (Å²) >= 11 is 22.5. The molecule has 1 aromatic carbocycles. The topological polar surface area (TPSA) is 38.3 Å². The van der Waals surface area contributed by atoms with Crippen molar-refractivity contribution >= 4 is 52.3 Å². The van der Waals surface area contributed by atoms with E-state index in [4.69, 9.17) is 51.1 Å². The Morgan fingerprint density at radius 1 is 1.28 bits per heavy atom. The zero-order valence-corrected chi connectivity index (χ0v) is 12.2. The molecule has 0 saturated carbocycles. The summed E-state index contributed by atoms with van der Waals surface area (Å²) in [6.07, 6.45) is -1.06. The van der Waals surface area contributed by atoms with E-state index in [1.54, 1.807) is 0 Å². The smallest absolute Gasteiger partial charge is 0.237 e. The summed E-state index contributed by atoms with van der Waals surface area (Å²) in [7, 11) is 0. The second-order valence-corrected chi connectivity index (χ2v) is 6.06. The van der Waals surface area contributed by atoms with Gasteiger partial charge in [-0.15, -0.1) is 11.6 Å². The van der Waals surface area contributed by atoms with Crippen molar-refractivity contribution in [3.63, 3.8) is 0 Å². The van der Waals surface area contributed by atoms with E-state index in [0.29, 0.717) is 0 Å². The lowest BCUT2D eigenvalue weighted by Gasteiger charge is -2.25. The summed E-state index contributed by atoms with van der Waals surface area (Å²) < 4.78 is 3.61. The number of hydrogen-bond donors (Lipinski definition) is 1. The molecule has 7 heteroatoms. The summed E-state index contributed by atoms with van der Waals surface area (Å²) in [6, 6.07) is 9.32. The zero-order valence-electron chi connectivity index (χ0n) is 9.21. The minimum Gasteiger partial charge on any atom is -0.349 e. The molecule has 0 aliphatic carbocycles. The van der Waals surface area contributed by atoms with E-state index in [1.165, 1.54) is 0 Å². The Morgan fingerprint density at radius 2 is 1.89 bits per heavy atom. The molecule has 3 nitrogen and oxygen atoms in total. The minimum atomic E-state index is -1.77. The van der Waals surface area contributed by atoms with Crippen molar-refractivity contribution in [3.05, 3.63) is 35.9 Å². The van der Waals surface area contributed by atoms with Crippen LogP contribution in [0.5, 0.6) is 0 Å². The molecule has 1 rings (SSSR count). The van der Waals surface area contributed by atoms with E-state index < -0.39 is 15.9 Å². The van der Waals surface area contributed by atoms with Gasteiger partial charge in [-0.2, -0.15) is 0 Å². The highest BCUT2D eigenvalue weighted by Gasteiger charge is 2.34. The normalized spacial score (nSPS) is 13.1. The van der Waals surface area contributed by atoms with E-state index >= 15 is 0 Å². The molecule has 1 unspecified atom stereocenters. The molecule has 1 aromatic rings. The third-order valence-electron chi connectivity index (χ3n) is 1.97. The molecule has 0 aliphatic heterocycles. The molecular formula is C11H11Cl4NO2. The molecular weight excluding hydrogens is 320 g/mol. The number of carbonyl (C=O) groups is 1. The van der Waals surface area contributed by atoms with E-state index in [2.05, 4.69) is 5.32 Å². The van der Waals surface area contributed by atoms with Crippen LogP contribution >= 0.6 is 46.4 Å². The van der Waals surface area contributed by atoms with Gasteiger partial charge in [0.15, 0.2) is 6.23 Å². The summed E-state index contributed by atoms with van der Waals surface area (Å²) in [6.45, 7) is 0.210. The van der Waals surface area contributed by atoms with Crippen LogP contribution in [0.3, 0.4) is 0 Å². The highest BCUT2D eigenvalue weighted by Crippen LogP contribution is 2.31. The van der Waals surface area contributed by atoms with Crippen molar-refractivity contribution in [3.8, 4) is 0 Å². The van der Waals surface area contributed by atoms with Gasteiger partial charge in [0, 0.05) is 0 Å². The lowest BCUT2D eigenvalue weighted by atomic mass is 10.2. The van der Waals surface area contributed by atoms with Gasteiger partial charge in [-0.25, -0.2) is 0 Å². The lowest BCUT2D eigenvalue weighted by molar-refractivity contribution is -0.123. The molecule has 0 radical (unpaired) electrons. The van der Waals surface area contributed by atoms with Crippen LogP contribution < -0.4 is 5.32 Å². The van der Waals surface area contributed by atoms with E-state index in [-0.39, 0.29) is 12.5 Å². The first-order valence-electron chi connectivity index (χ1n) is 5.01. The van der Waals surface area contributed by atoms with Crippen LogP contribution in [-0.4, -0.2) is 21.8 Å². The third-order valence-corrected chi connectivity index (χ3v) is 2.81. The Labute approximate surface area is 125 Å². The predicted octanol–water partition coefficient (Wildman–Crippen LogP) is 3.25. The zero-order chi connectivity index (χ0) is 13.6. The molecule has 0 aromatic heterocycles. The number of amides is 1. The molecule has 1 N–H and O–H groups in total. The van der Waals surface area contributed by atoms with Gasteiger partial charge in [0.2, 0.25) is 9.70 Å². The first-order chi connectivity index (χ1) is 8.43. The predicted molar refractivity (Wildman–Crippen MR) is 74.2 cm³/mol. The average molecular weight is 331 g/mol. The number of rotatable bonds is 5. The third kappa shape index (κ3) is 5.63. The van der Waals surface area contributed by atoms with Gasteiger partial charge in [0.25, 0.3) is 0 Å². The number of benzene rings is 1. The number of carbonyl (C=O) groups excluding carboxylic acids is 1. The molecule has 1 atom stereocenters. The average Bonchev–Trinajstić information content (AvgIpc) is 2.34. The van der Waals surface area contributed by atoms with E-state index in [9.17, 15) is 4.79 Å². The van der Waals surface area contributed by atoms with Crippen molar-refractivity contribution < 1.29 is 9.53 Å². The molecule has 0 spiro atoms. The van der Waals surface area contributed by atoms with Crippen LogP contribution in [0.4, 0.5) is 0 Å². The first-order valence-corrected chi connectivity index (χ1v) is 6.68. The van der Waals surface area contributed by atoms with Crippen LogP contribution in [0.1, 0.15) is 5.56 Å². The molecule has 0 fully saturated rings. The van der Waals surface area contributed by atoms with Gasteiger partial charge in [-0.3, -0.25) is 4.79 Å². The molecule has 100 valence electrons. The number of nitrogens with one attached hydrogen (secondary N) is 1. The first kappa shape index (κ1) is 15.9. The van der Waals surface area contributed by atoms with Crippen LogP contribution in [0.15, 0.2) is 30.3 Å². The second kappa shape index (κ2) is 7.41. The van der Waals surface area contributed by atoms with Crippen molar-refractivity contribution in [1.29, 1.82) is 0 Å². The van der Waals surface area contributed by atoms with Gasteiger partial charge < -0.3 is 10.1 Å². The van der Waals surface area contributed by atoms with Gasteiger partial charge in [-0.1, -0.05) is 65.1 Å². The maximum atomic E-state index is 11.2. The van der Waals surface area contributed by atoms with Gasteiger partial charge in [0.1, 0.15) is 5.88 Å². The Hall–Kier alpha value is -0.190. The quantitative estimate of drug-likeness (QED) is 0.664. The fourth-order valence-electron chi connectivity index (χ4n) is 1.16. The fourth-order valence-corrected chi connectivity index (χ4v) is 1.59. The largest absolute Gasteiger partial charge is 0.349 e. The van der Waals surface area contributed by atoms with Crippen molar-refractivity contribution in [2.24, 2.45) is 0 Å². The molecule has 0 heterocycles. The monoisotopic (exact) mass is 329 g/mol. The molecule has 0 saturated heterocycles. The number of alkyl halides is 4. The molecule has 0 bridgehead atoms. The maximum Gasteiger partial charge on any atom is 0.237 e. The maximum absolute atomic E-state index is 11.2. The summed E-state index contributed by atoms with van der Waals surface area (Å²) in [4.78, 5) is 11.2. The van der Waals surface area contributed by atoms with Gasteiger partial charge in [-0.05, 0) is 5.56 Å². The standard InChI is InChI=1S/C11H11Cl4NO2/c12-6-9(17)16-10(11(13,14)15)18-7-8-4-2-1-3-5-8/h1-5,10H,6-7H2,(H,16,17). The van der Waals surface area contributed by atoms with E-state index in [0.717, 1.165) is 5.56 Å². The number of ether oxygens (including phenoxy) is 1. The van der Waals surface area contributed by atoms with Crippen LogP contribution in [0, 0.1) is 0 Å². The summed E-state index contributed by atoms with van der Waals surface area (Å²) in [5, 5.41) is 2.39. The van der Waals surface area contributed by atoms with Crippen molar-refractivity contribution in [2.45, 2.75) is 16.6 Å². The van der Waals surface area contributed by atoms with Crippen LogP contribution in [0.2, 0.25) is 0 Å². The van der Waals surface area contributed by atoms with Crippen molar-refractivity contribution in [2.75, 3.05) is 5.88 Å². The van der Waals surface area contributed by atoms with E-state index in [1.807, 2.05) is 30.3 Å². The highest BCUT2D eigenvalue weighted by molar-refractivity contribution is 6.68. The Bertz CT molecular complexity index is 380. The Balaban J connectivity index is 2.59. The van der Waals surface area contributed by atoms with Crippen LogP contribution in [-0.2, 0) is 16.1 Å². The molecule has 0 aliphatic rings. The number of hydrogen-bond acceptors (Lipinski definition) is 2. The Morgan fingerprint density at radius 3 is 2.39 bits per heavy atom. The SMILES string of the molecule is O=C(CCl)NC(OCc1ccccc1)C(Cl)(Cl)Cl. The lowest BCUT2D eigenvalue weighted by Crippen LogP contribution is -2.46. The summed E-state index contributed by atoms with van der Waals surface area (Å²) in [5.41, 5.74) is 0.900.